The van der Waals surface area contributed by atoms with Gasteiger partial charge in [-0.25, -0.2) is 4.79 Å². The monoisotopic (exact) mass is 679 g/mol. The highest BCUT2D eigenvalue weighted by Crippen LogP contribution is 2.58. The van der Waals surface area contributed by atoms with Gasteiger partial charge >= 0.3 is 6.09 Å². The van der Waals surface area contributed by atoms with Crippen molar-refractivity contribution < 1.29 is 43.9 Å². The Morgan fingerprint density at radius 2 is 1.80 bits per heavy atom. The van der Waals surface area contributed by atoms with Crippen molar-refractivity contribution in [3.05, 3.63) is 45.1 Å². The maximum Gasteiger partial charge on any atom is 0.408 e. The van der Waals surface area contributed by atoms with Gasteiger partial charge in [0, 0.05) is 47.6 Å². The SMILES string of the molecule is COCOc1c(OC)c(C)cc2c1[C@@H]1C3=Cc4c(O)c(C)c(O)c(O)c4[C@H](CNC(=O)[C@@H](C)NC(=O)OC(C)(C)C)N3C(C#N)[C@H](C2)N1C. The van der Waals surface area contributed by atoms with Gasteiger partial charge in [-0.3, -0.25) is 9.69 Å². The first kappa shape index (κ1) is 35.4. The van der Waals surface area contributed by atoms with E-state index in [0.29, 0.717) is 23.6 Å². The van der Waals surface area contributed by atoms with E-state index < -0.39 is 53.3 Å². The number of ether oxygens (including phenoxy) is 4. The fourth-order valence-corrected chi connectivity index (χ4v) is 7.20. The van der Waals surface area contributed by atoms with Crippen LogP contribution in [0.25, 0.3) is 6.08 Å². The quantitative estimate of drug-likeness (QED) is 0.155. The van der Waals surface area contributed by atoms with E-state index in [1.54, 1.807) is 34.0 Å². The minimum Gasteiger partial charge on any atom is -0.507 e. The Labute approximate surface area is 285 Å². The molecule has 49 heavy (non-hydrogen) atoms. The van der Waals surface area contributed by atoms with E-state index in [2.05, 4.69) is 21.6 Å². The van der Waals surface area contributed by atoms with Crippen LogP contribution in [-0.4, -0.2) is 95.5 Å². The second kappa shape index (κ2) is 13.2. The molecule has 2 aromatic rings. The minimum atomic E-state index is -0.997. The van der Waals surface area contributed by atoms with E-state index in [1.807, 2.05) is 24.9 Å². The van der Waals surface area contributed by atoms with Crippen LogP contribution in [-0.2, 0) is 20.7 Å². The standard InChI is InChI=1S/C35H45N5O9/c1-16-10-19-11-21-23(13-36)40-22(27(39(21)7)25(19)32(31(16)47-9)48-15-46-8)12-20-26(30(43)29(42)17(2)28(20)41)24(40)14-37-33(44)18(3)38-34(45)49-35(4,5)6/h10,12,18,21,23-24,27,41-43H,11,14-15H2,1-9H3,(H,37,44)(H,38,45)/t18-,21+,23?,24+,27+/m1/s1. The highest BCUT2D eigenvalue weighted by molar-refractivity contribution is 5.85. The molecule has 3 heterocycles. The van der Waals surface area contributed by atoms with Gasteiger partial charge in [0.15, 0.2) is 29.8 Å². The zero-order valence-electron chi connectivity index (χ0n) is 29.3. The topological polar surface area (TPSA) is 186 Å². The molecule has 5 atom stereocenters. The summed E-state index contributed by atoms with van der Waals surface area (Å²) < 4.78 is 22.5. The third-order valence-corrected chi connectivity index (χ3v) is 9.37. The van der Waals surface area contributed by atoms with Crippen molar-refractivity contribution in [2.24, 2.45) is 0 Å². The molecule has 1 fully saturated rings. The Kier molecular flexibility index (Phi) is 9.55. The number of phenols is 3. The molecule has 2 aromatic carbocycles. The molecule has 3 aliphatic rings. The van der Waals surface area contributed by atoms with Gasteiger partial charge in [-0.1, -0.05) is 6.07 Å². The molecule has 5 rings (SSSR count). The minimum absolute atomic E-state index is 0.0458. The highest BCUT2D eigenvalue weighted by Gasteiger charge is 2.53. The van der Waals surface area contributed by atoms with Gasteiger partial charge in [-0.2, -0.15) is 5.26 Å². The zero-order chi connectivity index (χ0) is 36.1. The number of likely N-dealkylation sites (N-methyl/N-ethyl adjacent to an activating group) is 1. The molecule has 0 spiro atoms. The Morgan fingerprint density at radius 3 is 2.41 bits per heavy atom. The molecule has 0 aromatic heterocycles. The van der Waals surface area contributed by atoms with Crippen molar-refractivity contribution in [2.75, 3.05) is 34.6 Å². The van der Waals surface area contributed by atoms with Crippen LogP contribution in [0.2, 0.25) is 0 Å². The summed E-state index contributed by atoms with van der Waals surface area (Å²) in [6.45, 7) is 9.84. The molecule has 14 nitrogen and oxygen atoms in total. The molecule has 0 saturated carbocycles. The van der Waals surface area contributed by atoms with Crippen LogP contribution >= 0.6 is 0 Å². The van der Waals surface area contributed by atoms with Gasteiger partial charge < -0.3 is 49.8 Å². The highest BCUT2D eigenvalue weighted by atomic mass is 16.7. The Hall–Kier alpha value is -4.87. The number of alkyl carbamates (subject to hydrolysis) is 1. The normalized spacial score (nSPS) is 21.6. The maximum absolute atomic E-state index is 13.4. The third kappa shape index (κ3) is 6.13. The predicted molar refractivity (Wildman–Crippen MR) is 178 cm³/mol. The fourth-order valence-electron chi connectivity index (χ4n) is 7.20. The van der Waals surface area contributed by atoms with E-state index in [-0.39, 0.29) is 41.8 Å². The number of aryl methyl sites for hydroxylation is 1. The lowest BCUT2D eigenvalue weighted by Crippen LogP contribution is -2.62. The summed E-state index contributed by atoms with van der Waals surface area (Å²) in [4.78, 5) is 29.7. The van der Waals surface area contributed by atoms with Gasteiger partial charge in [0.2, 0.25) is 5.91 Å². The van der Waals surface area contributed by atoms with Gasteiger partial charge in [-0.15, -0.1) is 0 Å². The van der Waals surface area contributed by atoms with Crippen molar-refractivity contribution in [2.45, 2.75) is 83.8 Å². The van der Waals surface area contributed by atoms with Crippen LogP contribution in [0.3, 0.4) is 0 Å². The van der Waals surface area contributed by atoms with E-state index in [9.17, 15) is 30.2 Å². The number of aromatic hydroxyl groups is 3. The number of nitrogens with zero attached hydrogens (tertiary/aromatic N) is 3. The Balaban J connectivity index is 1.65. The Bertz CT molecular complexity index is 1740. The number of hydrogen-bond donors (Lipinski definition) is 5. The fraction of sp³-hybridized carbons (Fsp3) is 0.514. The lowest BCUT2D eigenvalue weighted by atomic mass is 9.75. The summed E-state index contributed by atoms with van der Waals surface area (Å²) in [6, 6.07) is 0.920. The molecule has 14 heteroatoms. The largest absolute Gasteiger partial charge is 0.507 e. The van der Waals surface area contributed by atoms with Crippen molar-refractivity contribution in [3.63, 3.8) is 0 Å². The number of methoxy groups -OCH3 is 2. The van der Waals surface area contributed by atoms with Gasteiger partial charge in [0.05, 0.1) is 25.3 Å². The third-order valence-electron chi connectivity index (χ3n) is 9.37. The number of rotatable bonds is 8. The maximum atomic E-state index is 13.4. The lowest BCUT2D eigenvalue weighted by Gasteiger charge is -2.57. The number of nitrogens with one attached hydrogen (secondary N) is 2. The van der Waals surface area contributed by atoms with E-state index in [4.69, 9.17) is 18.9 Å². The number of phenolic OH excluding ortho intramolecular Hbond substituents is 3. The van der Waals surface area contributed by atoms with Crippen LogP contribution in [0.4, 0.5) is 4.79 Å². The molecule has 0 aliphatic carbocycles. The van der Waals surface area contributed by atoms with Crippen molar-refractivity contribution >= 4 is 18.1 Å². The van der Waals surface area contributed by atoms with Crippen LogP contribution in [0.15, 0.2) is 11.8 Å². The zero-order valence-corrected chi connectivity index (χ0v) is 29.3. The number of carbonyl (C=O) groups is 2. The first-order valence-electron chi connectivity index (χ1n) is 16.0. The lowest BCUT2D eigenvalue weighted by molar-refractivity contribution is -0.123. The molecular weight excluding hydrogens is 634 g/mol. The molecule has 2 bridgehead atoms. The number of nitriles is 1. The van der Waals surface area contributed by atoms with Crippen molar-refractivity contribution in [1.29, 1.82) is 5.26 Å². The number of fused-ring (bicyclic) bond motifs is 7. The number of piperazine rings is 1. The van der Waals surface area contributed by atoms with E-state index >= 15 is 0 Å². The second-order valence-electron chi connectivity index (χ2n) is 13.7. The van der Waals surface area contributed by atoms with Crippen LogP contribution < -0.4 is 20.1 Å². The molecule has 5 N–H and O–H groups in total. The molecule has 0 radical (unpaired) electrons. The second-order valence-corrected chi connectivity index (χ2v) is 13.7. The molecule has 2 amide bonds. The van der Waals surface area contributed by atoms with Crippen molar-refractivity contribution in [3.8, 4) is 34.8 Å². The summed E-state index contributed by atoms with van der Waals surface area (Å²) in [5, 5.41) is 49.7. The molecule has 264 valence electrons. The summed E-state index contributed by atoms with van der Waals surface area (Å²) in [5.41, 5.74) is 2.92. The van der Waals surface area contributed by atoms with E-state index in [1.165, 1.54) is 21.0 Å². The molecule has 1 unspecified atom stereocenters. The van der Waals surface area contributed by atoms with Gasteiger partial charge in [0.1, 0.15) is 23.4 Å². The average Bonchev–Trinajstić information content (AvgIpc) is 3.03. The summed E-state index contributed by atoms with van der Waals surface area (Å²) in [7, 11) is 5.00. The molecule has 1 saturated heterocycles. The van der Waals surface area contributed by atoms with Crippen LogP contribution in [0.5, 0.6) is 28.7 Å². The van der Waals surface area contributed by atoms with Crippen LogP contribution in [0.1, 0.15) is 73.2 Å². The van der Waals surface area contributed by atoms with Crippen molar-refractivity contribution in [1.82, 2.24) is 20.4 Å². The predicted octanol–water partition coefficient (Wildman–Crippen LogP) is 3.64. The van der Waals surface area contributed by atoms with Gasteiger partial charge in [0.25, 0.3) is 0 Å². The number of hydrogen-bond acceptors (Lipinski definition) is 12. The summed E-state index contributed by atoms with van der Waals surface area (Å²) in [6.07, 6.45) is 1.42. The Morgan fingerprint density at radius 1 is 1.10 bits per heavy atom. The van der Waals surface area contributed by atoms with Gasteiger partial charge in [-0.05, 0) is 72.2 Å². The first-order valence-corrected chi connectivity index (χ1v) is 16.0. The van der Waals surface area contributed by atoms with Crippen LogP contribution in [0, 0.1) is 25.2 Å². The van der Waals surface area contributed by atoms with E-state index in [0.717, 1.165) is 16.7 Å². The number of benzene rings is 2. The average molecular weight is 680 g/mol. The number of amides is 2. The molecular formula is C35H45N5O9. The summed E-state index contributed by atoms with van der Waals surface area (Å²) >= 11 is 0. The first-order chi connectivity index (χ1) is 23.1. The number of carbonyl (C=O) groups excluding carboxylic acids is 2. The summed E-state index contributed by atoms with van der Waals surface area (Å²) in [5.74, 6) is -0.759. The molecule has 3 aliphatic heterocycles. The smallest absolute Gasteiger partial charge is 0.408 e.